The summed E-state index contributed by atoms with van der Waals surface area (Å²) in [5.74, 6) is -1.59. The molecule has 8 heteroatoms. The van der Waals surface area contributed by atoms with E-state index in [0.29, 0.717) is 12.7 Å². The molecule has 4 amide bonds. The molecular formula is C12H15N3O5. The average Bonchev–Trinajstić information content (AvgIpc) is 2.74. The van der Waals surface area contributed by atoms with Crippen molar-refractivity contribution in [3.8, 4) is 0 Å². The first-order valence-electron chi connectivity index (χ1n) is 6.05. The summed E-state index contributed by atoms with van der Waals surface area (Å²) < 4.78 is 0. The van der Waals surface area contributed by atoms with Crippen LogP contribution in [0.5, 0.6) is 0 Å². The highest BCUT2D eigenvalue weighted by Crippen LogP contribution is 2.05. The molecule has 1 rings (SSSR count). The van der Waals surface area contributed by atoms with Gasteiger partial charge < -0.3 is 15.4 Å². The predicted octanol–water partition coefficient (Wildman–Crippen LogP) is -1.88. The quantitative estimate of drug-likeness (QED) is 0.399. The molecule has 1 aliphatic rings. The Kier molecular flexibility index (Phi) is 6.08. The maximum Gasteiger partial charge on any atom is 0.253 e. The van der Waals surface area contributed by atoms with E-state index < -0.39 is 5.91 Å². The van der Waals surface area contributed by atoms with Crippen molar-refractivity contribution in [2.24, 2.45) is 0 Å². The lowest BCUT2D eigenvalue weighted by Gasteiger charge is -2.13. The van der Waals surface area contributed by atoms with E-state index in [1.165, 1.54) is 12.2 Å². The van der Waals surface area contributed by atoms with Gasteiger partial charge in [0.2, 0.25) is 11.8 Å². The largest absolute Gasteiger partial charge is 0.348 e. The van der Waals surface area contributed by atoms with E-state index in [-0.39, 0.29) is 43.8 Å². The van der Waals surface area contributed by atoms with Crippen molar-refractivity contribution in [1.82, 2.24) is 15.5 Å². The predicted molar refractivity (Wildman–Crippen MR) is 67.2 cm³/mol. The van der Waals surface area contributed by atoms with E-state index in [1.54, 1.807) is 0 Å². The SMILES string of the molecule is O=CCNC(=O)CNC(=O)CCCN1C(=O)C=CC1=O. The van der Waals surface area contributed by atoms with Crippen molar-refractivity contribution in [3.63, 3.8) is 0 Å². The Morgan fingerprint density at radius 3 is 2.35 bits per heavy atom. The Labute approximate surface area is 115 Å². The molecule has 20 heavy (non-hydrogen) atoms. The number of hydrogen-bond donors (Lipinski definition) is 2. The normalized spacial score (nSPS) is 13.5. The molecule has 0 aromatic heterocycles. The van der Waals surface area contributed by atoms with Gasteiger partial charge in [0.25, 0.3) is 11.8 Å². The van der Waals surface area contributed by atoms with Gasteiger partial charge in [-0.1, -0.05) is 0 Å². The van der Waals surface area contributed by atoms with E-state index in [9.17, 15) is 24.0 Å². The third-order valence-electron chi connectivity index (χ3n) is 2.51. The van der Waals surface area contributed by atoms with Crippen molar-refractivity contribution < 1.29 is 24.0 Å². The number of imide groups is 1. The van der Waals surface area contributed by atoms with Gasteiger partial charge in [-0.05, 0) is 6.42 Å². The summed E-state index contributed by atoms with van der Waals surface area (Å²) in [4.78, 5) is 55.9. The van der Waals surface area contributed by atoms with Crippen LogP contribution >= 0.6 is 0 Å². The minimum Gasteiger partial charge on any atom is -0.348 e. The minimum atomic E-state index is -0.459. The molecule has 0 bridgehead atoms. The highest BCUT2D eigenvalue weighted by atomic mass is 16.2. The standard InChI is InChI=1S/C12H15N3O5/c16-7-5-13-10(18)8-14-9(17)2-1-6-15-11(19)3-4-12(15)20/h3-4,7H,1-2,5-6,8H2,(H,13,18)(H,14,17). The number of aldehydes is 1. The van der Waals surface area contributed by atoms with Gasteiger partial charge >= 0.3 is 0 Å². The van der Waals surface area contributed by atoms with Gasteiger partial charge in [0, 0.05) is 25.1 Å². The zero-order valence-electron chi connectivity index (χ0n) is 10.8. The molecule has 8 nitrogen and oxygen atoms in total. The molecule has 0 spiro atoms. The third-order valence-corrected chi connectivity index (χ3v) is 2.51. The zero-order chi connectivity index (χ0) is 15.0. The summed E-state index contributed by atoms with van der Waals surface area (Å²) in [6.45, 7) is -0.147. The molecule has 0 fully saturated rings. The second-order valence-electron chi connectivity index (χ2n) is 4.01. The average molecular weight is 281 g/mol. The number of rotatable bonds is 8. The van der Waals surface area contributed by atoms with E-state index in [2.05, 4.69) is 10.6 Å². The van der Waals surface area contributed by atoms with Gasteiger partial charge in [0.15, 0.2) is 0 Å². The summed E-state index contributed by atoms with van der Waals surface area (Å²) in [5.41, 5.74) is 0. The summed E-state index contributed by atoms with van der Waals surface area (Å²) in [6, 6.07) is 0. The Hall–Kier alpha value is -2.51. The van der Waals surface area contributed by atoms with Gasteiger partial charge in [-0.3, -0.25) is 24.1 Å². The molecular weight excluding hydrogens is 266 g/mol. The number of nitrogens with zero attached hydrogens (tertiary/aromatic N) is 1. The Morgan fingerprint density at radius 2 is 1.75 bits per heavy atom. The number of carbonyl (C=O) groups excluding carboxylic acids is 5. The highest BCUT2D eigenvalue weighted by molar-refractivity contribution is 6.12. The van der Waals surface area contributed by atoms with Gasteiger partial charge in [0.05, 0.1) is 13.1 Å². The lowest BCUT2D eigenvalue weighted by molar-refractivity contribution is -0.137. The summed E-state index contributed by atoms with van der Waals surface area (Å²) in [6.07, 6.45) is 3.32. The molecule has 1 heterocycles. The number of nitrogens with one attached hydrogen (secondary N) is 2. The van der Waals surface area contributed by atoms with Crippen LogP contribution in [-0.4, -0.2) is 54.4 Å². The topological polar surface area (TPSA) is 113 Å². The molecule has 108 valence electrons. The Balaban J connectivity index is 2.14. The van der Waals surface area contributed by atoms with Crippen molar-refractivity contribution >= 4 is 29.9 Å². The highest BCUT2D eigenvalue weighted by Gasteiger charge is 2.22. The lowest BCUT2D eigenvalue weighted by atomic mass is 10.2. The molecule has 0 saturated heterocycles. The first-order chi connectivity index (χ1) is 9.54. The van der Waals surface area contributed by atoms with Gasteiger partial charge in [-0.2, -0.15) is 0 Å². The summed E-state index contributed by atoms with van der Waals surface area (Å²) >= 11 is 0. The van der Waals surface area contributed by atoms with Crippen molar-refractivity contribution in [1.29, 1.82) is 0 Å². The van der Waals surface area contributed by atoms with E-state index >= 15 is 0 Å². The minimum absolute atomic E-state index is 0.0953. The second-order valence-corrected chi connectivity index (χ2v) is 4.01. The molecule has 0 saturated carbocycles. The van der Waals surface area contributed by atoms with Crippen LogP contribution in [-0.2, 0) is 24.0 Å². The first kappa shape index (κ1) is 15.5. The van der Waals surface area contributed by atoms with Crippen LogP contribution in [0, 0.1) is 0 Å². The molecule has 0 aromatic rings. The number of carbonyl (C=O) groups is 5. The van der Waals surface area contributed by atoms with Crippen LogP contribution in [0.3, 0.4) is 0 Å². The Morgan fingerprint density at radius 1 is 1.10 bits per heavy atom. The van der Waals surface area contributed by atoms with Crippen LogP contribution < -0.4 is 10.6 Å². The molecule has 2 N–H and O–H groups in total. The van der Waals surface area contributed by atoms with E-state index in [0.717, 1.165) is 4.90 Å². The van der Waals surface area contributed by atoms with Crippen LogP contribution in [0.15, 0.2) is 12.2 Å². The van der Waals surface area contributed by atoms with Crippen LogP contribution in [0.1, 0.15) is 12.8 Å². The smallest absolute Gasteiger partial charge is 0.253 e. The lowest BCUT2D eigenvalue weighted by Crippen LogP contribution is -2.38. The second kappa shape index (κ2) is 7.82. The maximum absolute atomic E-state index is 11.4. The van der Waals surface area contributed by atoms with Gasteiger partial charge in [-0.25, -0.2) is 0 Å². The van der Waals surface area contributed by atoms with Crippen LogP contribution in [0.4, 0.5) is 0 Å². The summed E-state index contributed by atoms with van der Waals surface area (Å²) in [7, 11) is 0. The molecule has 0 aliphatic carbocycles. The van der Waals surface area contributed by atoms with Crippen LogP contribution in [0.2, 0.25) is 0 Å². The number of hydrogen-bond acceptors (Lipinski definition) is 5. The van der Waals surface area contributed by atoms with Crippen molar-refractivity contribution in [3.05, 3.63) is 12.2 Å². The fourth-order valence-corrected chi connectivity index (χ4v) is 1.53. The molecule has 0 aromatic carbocycles. The fourth-order valence-electron chi connectivity index (χ4n) is 1.53. The molecule has 0 atom stereocenters. The van der Waals surface area contributed by atoms with Crippen LogP contribution in [0.25, 0.3) is 0 Å². The zero-order valence-corrected chi connectivity index (χ0v) is 10.8. The van der Waals surface area contributed by atoms with Crippen molar-refractivity contribution in [2.75, 3.05) is 19.6 Å². The maximum atomic E-state index is 11.4. The Bertz CT molecular complexity index is 440. The third kappa shape index (κ3) is 5.01. The van der Waals surface area contributed by atoms with Gasteiger partial charge in [-0.15, -0.1) is 0 Å². The summed E-state index contributed by atoms with van der Waals surface area (Å²) in [5, 5.41) is 4.64. The molecule has 1 aliphatic heterocycles. The molecule has 0 unspecified atom stereocenters. The van der Waals surface area contributed by atoms with E-state index in [4.69, 9.17) is 0 Å². The molecule has 0 radical (unpaired) electrons. The fraction of sp³-hybridized carbons (Fsp3) is 0.417. The number of amides is 4. The first-order valence-corrected chi connectivity index (χ1v) is 6.05. The monoisotopic (exact) mass is 281 g/mol. The van der Waals surface area contributed by atoms with Gasteiger partial charge in [0.1, 0.15) is 6.29 Å². The van der Waals surface area contributed by atoms with Crippen molar-refractivity contribution in [2.45, 2.75) is 12.8 Å². The van der Waals surface area contributed by atoms with E-state index in [1.807, 2.05) is 0 Å².